The van der Waals surface area contributed by atoms with E-state index in [0.717, 1.165) is 38.1 Å². The number of phenolic OH excluding ortho intramolecular Hbond substituents is 1. The Labute approximate surface area is 118 Å². The number of halogens is 1. The summed E-state index contributed by atoms with van der Waals surface area (Å²) in [5.41, 5.74) is 1.01. The summed E-state index contributed by atoms with van der Waals surface area (Å²) in [6, 6.07) is 3.58. The van der Waals surface area contributed by atoms with Gasteiger partial charge in [0, 0.05) is 19.7 Å². The smallest absolute Gasteiger partial charge is 0.176 e. The monoisotopic (exact) mass is 285 g/mol. The van der Waals surface area contributed by atoms with E-state index in [1.54, 1.807) is 6.07 Å². The van der Waals surface area contributed by atoms with E-state index in [1.807, 2.05) is 6.07 Å². The molecule has 1 atom stereocenters. The number of ether oxygens (including phenoxy) is 2. The molecule has 0 saturated carbocycles. The Bertz CT molecular complexity index is 433. The number of benzene rings is 1. The average Bonchev–Trinajstić information content (AvgIpc) is 2.86. The molecule has 5 heteroatoms. The van der Waals surface area contributed by atoms with Gasteiger partial charge in [0.2, 0.25) is 0 Å². The Balaban J connectivity index is 1.99. The van der Waals surface area contributed by atoms with Crippen molar-refractivity contribution in [1.82, 2.24) is 4.90 Å². The predicted octanol–water partition coefficient (Wildman–Crippen LogP) is 2.67. The minimum Gasteiger partial charge on any atom is -0.503 e. The molecule has 4 nitrogen and oxygen atoms in total. The van der Waals surface area contributed by atoms with Crippen LogP contribution in [-0.2, 0) is 11.3 Å². The van der Waals surface area contributed by atoms with Crippen molar-refractivity contribution in [2.45, 2.75) is 25.5 Å². The van der Waals surface area contributed by atoms with Crippen molar-refractivity contribution in [2.24, 2.45) is 0 Å². The van der Waals surface area contributed by atoms with E-state index in [0.29, 0.717) is 16.9 Å². The summed E-state index contributed by atoms with van der Waals surface area (Å²) < 4.78 is 10.7. The summed E-state index contributed by atoms with van der Waals surface area (Å²) in [6.07, 6.45) is 2.61. The molecule has 0 aromatic heterocycles. The maximum atomic E-state index is 9.70. The standard InChI is InChI=1S/C14H20ClNO3/c1-16(9-11-4-3-5-19-11)8-10-6-12(15)14(17)13(7-10)18-2/h6-7,11,17H,3-5,8-9H2,1-2H3. The molecule has 1 N–H and O–H groups in total. The number of rotatable bonds is 5. The number of hydrogen-bond acceptors (Lipinski definition) is 4. The fourth-order valence-corrected chi connectivity index (χ4v) is 2.62. The molecule has 1 saturated heterocycles. The molecule has 1 fully saturated rings. The van der Waals surface area contributed by atoms with Crippen LogP contribution in [0.2, 0.25) is 5.02 Å². The van der Waals surface area contributed by atoms with Crippen molar-refractivity contribution in [1.29, 1.82) is 0 Å². The molecule has 106 valence electrons. The first-order chi connectivity index (χ1) is 9.10. The van der Waals surface area contributed by atoms with Crippen LogP contribution in [0.5, 0.6) is 11.5 Å². The predicted molar refractivity (Wildman–Crippen MR) is 75.0 cm³/mol. The second-order valence-corrected chi connectivity index (χ2v) is 5.37. The minimum absolute atomic E-state index is 0.00491. The van der Waals surface area contributed by atoms with Gasteiger partial charge >= 0.3 is 0 Å². The first-order valence-electron chi connectivity index (χ1n) is 6.45. The number of nitrogens with zero attached hydrogens (tertiary/aromatic N) is 1. The molecule has 1 unspecified atom stereocenters. The average molecular weight is 286 g/mol. The van der Waals surface area contributed by atoms with Gasteiger partial charge in [-0.25, -0.2) is 0 Å². The summed E-state index contributed by atoms with van der Waals surface area (Å²) in [7, 11) is 3.57. The van der Waals surface area contributed by atoms with E-state index in [1.165, 1.54) is 7.11 Å². The maximum absolute atomic E-state index is 9.70. The van der Waals surface area contributed by atoms with Gasteiger partial charge in [0.15, 0.2) is 11.5 Å². The zero-order valence-corrected chi connectivity index (χ0v) is 12.1. The lowest BCUT2D eigenvalue weighted by Crippen LogP contribution is -2.28. The van der Waals surface area contributed by atoms with Gasteiger partial charge in [0.05, 0.1) is 18.2 Å². The van der Waals surface area contributed by atoms with Gasteiger partial charge in [-0.2, -0.15) is 0 Å². The SMILES string of the molecule is COc1cc(CN(C)CC2CCCO2)cc(Cl)c1O. The molecule has 0 amide bonds. The molecule has 1 heterocycles. The normalized spacial score (nSPS) is 19.1. The van der Waals surface area contributed by atoms with Gasteiger partial charge in [-0.3, -0.25) is 4.90 Å². The third-order valence-electron chi connectivity index (χ3n) is 3.30. The van der Waals surface area contributed by atoms with Crippen LogP contribution in [-0.4, -0.2) is 43.4 Å². The summed E-state index contributed by atoms with van der Waals surface area (Å²) in [5, 5.41) is 10.0. The fraction of sp³-hybridized carbons (Fsp3) is 0.571. The summed E-state index contributed by atoms with van der Waals surface area (Å²) in [5.74, 6) is 0.405. The van der Waals surface area contributed by atoms with E-state index in [-0.39, 0.29) is 5.75 Å². The Kier molecular flexibility index (Phi) is 4.91. The second-order valence-electron chi connectivity index (χ2n) is 4.96. The molecule has 19 heavy (non-hydrogen) atoms. The fourth-order valence-electron chi connectivity index (χ4n) is 2.39. The summed E-state index contributed by atoms with van der Waals surface area (Å²) in [4.78, 5) is 2.19. The van der Waals surface area contributed by atoms with Crippen LogP contribution in [0.1, 0.15) is 18.4 Å². The van der Waals surface area contributed by atoms with Crippen LogP contribution in [0.25, 0.3) is 0 Å². The molecule has 2 rings (SSSR count). The molecule has 1 aliphatic heterocycles. The molecule has 0 spiro atoms. The zero-order valence-electron chi connectivity index (χ0n) is 11.4. The Morgan fingerprint density at radius 1 is 1.53 bits per heavy atom. The highest BCUT2D eigenvalue weighted by Crippen LogP contribution is 2.35. The number of methoxy groups -OCH3 is 1. The van der Waals surface area contributed by atoms with Gasteiger partial charge in [0.1, 0.15) is 0 Å². The maximum Gasteiger partial charge on any atom is 0.176 e. The summed E-state index contributed by atoms with van der Waals surface area (Å²) in [6.45, 7) is 2.52. The van der Waals surface area contributed by atoms with E-state index in [4.69, 9.17) is 21.1 Å². The lowest BCUT2D eigenvalue weighted by molar-refractivity contribution is 0.0793. The Hall–Kier alpha value is -0.970. The van der Waals surface area contributed by atoms with Crippen LogP contribution >= 0.6 is 11.6 Å². The van der Waals surface area contributed by atoms with Crippen molar-refractivity contribution < 1.29 is 14.6 Å². The van der Waals surface area contributed by atoms with Gasteiger partial charge in [-0.05, 0) is 37.6 Å². The van der Waals surface area contributed by atoms with Crippen molar-refractivity contribution in [3.8, 4) is 11.5 Å². The van der Waals surface area contributed by atoms with E-state index < -0.39 is 0 Å². The van der Waals surface area contributed by atoms with Gasteiger partial charge in [0.25, 0.3) is 0 Å². The Morgan fingerprint density at radius 2 is 2.32 bits per heavy atom. The third kappa shape index (κ3) is 3.75. The van der Waals surface area contributed by atoms with E-state index in [2.05, 4.69) is 11.9 Å². The van der Waals surface area contributed by atoms with Crippen LogP contribution in [0.3, 0.4) is 0 Å². The summed E-state index contributed by atoms with van der Waals surface area (Å²) >= 11 is 5.98. The quantitative estimate of drug-likeness (QED) is 0.903. The number of aromatic hydroxyl groups is 1. The molecule has 0 bridgehead atoms. The third-order valence-corrected chi connectivity index (χ3v) is 3.59. The van der Waals surface area contributed by atoms with Crippen molar-refractivity contribution >= 4 is 11.6 Å². The lowest BCUT2D eigenvalue weighted by atomic mass is 10.1. The second kappa shape index (κ2) is 6.46. The zero-order chi connectivity index (χ0) is 13.8. The van der Waals surface area contributed by atoms with Crippen molar-refractivity contribution in [2.75, 3.05) is 27.3 Å². The number of phenols is 1. The van der Waals surface area contributed by atoms with Crippen LogP contribution in [0.4, 0.5) is 0 Å². The highest BCUT2D eigenvalue weighted by Gasteiger charge is 2.18. The van der Waals surface area contributed by atoms with Crippen LogP contribution in [0.15, 0.2) is 12.1 Å². The first-order valence-corrected chi connectivity index (χ1v) is 6.83. The highest BCUT2D eigenvalue weighted by molar-refractivity contribution is 6.32. The molecular formula is C14H20ClNO3. The molecular weight excluding hydrogens is 266 g/mol. The van der Waals surface area contributed by atoms with Gasteiger partial charge < -0.3 is 14.6 Å². The van der Waals surface area contributed by atoms with Gasteiger partial charge in [-0.1, -0.05) is 11.6 Å². The van der Waals surface area contributed by atoms with Crippen LogP contribution < -0.4 is 4.74 Å². The molecule has 1 aromatic carbocycles. The van der Waals surface area contributed by atoms with Crippen molar-refractivity contribution in [3.05, 3.63) is 22.7 Å². The number of likely N-dealkylation sites (N-methyl/N-ethyl adjacent to an activating group) is 1. The topological polar surface area (TPSA) is 41.9 Å². The lowest BCUT2D eigenvalue weighted by Gasteiger charge is -2.21. The molecule has 0 radical (unpaired) electrons. The molecule has 1 aromatic rings. The van der Waals surface area contributed by atoms with E-state index in [9.17, 15) is 5.11 Å². The largest absolute Gasteiger partial charge is 0.503 e. The Morgan fingerprint density at radius 3 is 2.95 bits per heavy atom. The minimum atomic E-state index is -0.00491. The number of hydrogen-bond donors (Lipinski definition) is 1. The molecule has 0 aliphatic carbocycles. The first kappa shape index (κ1) is 14.4. The van der Waals surface area contributed by atoms with Crippen molar-refractivity contribution in [3.63, 3.8) is 0 Å². The molecule has 1 aliphatic rings. The van der Waals surface area contributed by atoms with Crippen LogP contribution in [0, 0.1) is 0 Å². The van der Waals surface area contributed by atoms with E-state index >= 15 is 0 Å². The van der Waals surface area contributed by atoms with Gasteiger partial charge in [-0.15, -0.1) is 0 Å². The highest BCUT2D eigenvalue weighted by atomic mass is 35.5.